The van der Waals surface area contributed by atoms with Crippen molar-refractivity contribution in [3.63, 3.8) is 0 Å². The summed E-state index contributed by atoms with van der Waals surface area (Å²) < 4.78 is 5.15. The van der Waals surface area contributed by atoms with Crippen molar-refractivity contribution in [2.24, 2.45) is 5.73 Å². The van der Waals surface area contributed by atoms with Gasteiger partial charge in [0.25, 0.3) is 0 Å². The zero-order valence-corrected chi connectivity index (χ0v) is 7.55. The summed E-state index contributed by atoms with van der Waals surface area (Å²) in [5, 5.41) is 10.0. The monoisotopic (exact) mass is 171 g/mol. The molecule has 3 heteroatoms. The molecule has 0 aromatic rings. The third-order valence-corrected chi connectivity index (χ3v) is 3.62. The smallest absolute Gasteiger partial charge is 0.0828 e. The average molecular weight is 171 g/mol. The van der Waals surface area contributed by atoms with Crippen LogP contribution in [-0.2, 0) is 4.74 Å². The molecule has 0 aliphatic heterocycles. The van der Waals surface area contributed by atoms with Crippen LogP contribution >= 0.6 is 0 Å². The van der Waals surface area contributed by atoms with Crippen molar-refractivity contribution in [1.29, 1.82) is 0 Å². The molecular formula is C9H17NO2. The minimum absolute atomic E-state index is 0.277. The van der Waals surface area contributed by atoms with Crippen molar-refractivity contribution >= 4 is 0 Å². The Morgan fingerprint density at radius 1 is 1.42 bits per heavy atom. The predicted molar refractivity (Wildman–Crippen MR) is 45.8 cm³/mol. The lowest BCUT2D eigenvalue weighted by molar-refractivity contribution is -0.162. The maximum absolute atomic E-state index is 10.0. The molecule has 2 saturated carbocycles. The molecule has 3 N–H and O–H groups in total. The fraction of sp³-hybridized carbons (Fsp3) is 1.00. The Morgan fingerprint density at radius 2 is 2.00 bits per heavy atom. The summed E-state index contributed by atoms with van der Waals surface area (Å²) >= 11 is 0. The van der Waals surface area contributed by atoms with Gasteiger partial charge in [-0.05, 0) is 32.1 Å². The van der Waals surface area contributed by atoms with E-state index in [0.717, 1.165) is 32.1 Å². The first-order valence-corrected chi connectivity index (χ1v) is 4.64. The summed E-state index contributed by atoms with van der Waals surface area (Å²) in [4.78, 5) is 0. The van der Waals surface area contributed by atoms with Gasteiger partial charge in [0, 0.05) is 12.6 Å². The Hall–Kier alpha value is -0.120. The fourth-order valence-electron chi connectivity index (χ4n) is 2.31. The number of rotatable bonds is 2. The van der Waals surface area contributed by atoms with E-state index in [2.05, 4.69) is 0 Å². The van der Waals surface area contributed by atoms with Gasteiger partial charge in [-0.1, -0.05) is 0 Å². The van der Waals surface area contributed by atoms with E-state index in [4.69, 9.17) is 10.5 Å². The molecule has 0 heterocycles. The van der Waals surface area contributed by atoms with Gasteiger partial charge in [-0.25, -0.2) is 0 Å². The van der Waals surface area contributed by atoms with Crippen LogP contribution in [0.3, 0.4) is 0 Å². The molecule has 0 unspecified atom stereocenters. The van der Waals surface area contributed by atoms with Crippen molar-refractivity contribution in [1.82, 2.24) is 0 Å². The molecule has 0 amide bonds. The van der Waals surface area contributed by atoms with Crippen LogP contribution in [0.2, 0.25) is 0 Å². The Bertz CT molecular complexity index is 183. The zero-order chi connectivity index (χ0) is 8.82. The van der Waals surface area contributed by atoms with E-state index in [1.807, 2.05) is 0 Å². The normalized spacial score (nSPS) is 44.8. The Labute approximate surface area is 72.9 Å². The van der Waals surface area contributed by atoms with E-state index in [9.17, 15) is 5.11 Å². The molecule has 2 rings (SSSR count). The molecule has 0 saturated heterocycles. The van der Waals surface area contributed by atoms with Crippen LogP contribution in [0.25, 0.3) is 0 Å². The van der Waals surface area contributed by atoms with Gasteiger partial charge in [-0.15, -0.1) is 0 Å². The number of ether oxygens (including phenoxy) is 1. The first kappa shape index (κ1) is 8.48. The first-order chi connectivity index (χ1) is 5.60. The second-order valence-electron chi connectivity index (χ2n) is 4.31. The van der Waals surface area contributed by atoms with Gasteiger partial charge >= 0.3 is 0 Å². The summed E-state index contributed by atoms with van der Waals surface area (Å²) in [6.07, 6.45) is 4.78. The number of methoxy groups -OCH3 is 1. The van der Waals surface area contributed by atoms with E-state index in [1.54, 1.807) is 7.11 Å². The highest BCUT2D eigenvalue weighted by Gasteiger charge is 2.58. The molecule has 0 atom stereocenters. The summed E-state index contributed by atoms with van der Waals surface area (Å²) in [5.41, 5.74) is 5.17. The number of nitrogens with two attached hydrogens (primary N) is 1. The maximum atomic E-state index is 10.0. The Balaban J connectivity index is 1.96. The zero-order valence-electron chi connectivity index (χ0n) is 7.55. The molecule has 3 nitrogen and oxygen atoms in total. The predicted octanol–water partition coefficient (Wildman–Crippen LogP) is 0.408. The SMILES string of the molecule is COC1CC(N)(C2(O)CCC2)C1. The van der Waals surface area contributed by atoms with Crippen LogP contribution in [0.15, 0.2) is 0 Å². The summed E-state index contributed by atoms with van der Waals surface area (Å²) in [6.45, 7) is 0. The van der Waals surface area contributed by atoms with E-state index in [1.165, 1.54) is 0 Å². The van der Waals surface area contributed by atoms with Gasteiger partial charge in [0.2, 0.25) is 0 Å². The molecule has 0 aromatic heterocycles. The van der Waals surface area contributed by atoms with E-state index in [0.29, 0.717) is 0 Å². The topological polar surface area (TPSA) is 55.5 Å². The first-order valence-electron chi connectivity index (χ1n) is 4.64. The summed E-state index contributed by atoms with van der Waals surface area (Å²) in [6, 6.07) is 0. The molecule has 2 aliphatic rings. The lowest BCUT2D eigenvalue weighted by atomic mass is 9.57. The van der Waals surface area contributed by atoms with Gasteiger partial charge in [0.15, 0.2) is 0 Å². The van der Waals surface area contributed by atoms with Gasteiger partial charge in [-0.3, -0.25) is 0 Å². The standard InChI is InChI=1S/C9H17NO2/c1-12-7-5-8(10,6-7)9(11)3-2-4-9/h7,11H,2-6,10H2,1H3. The molecular weight excluding hydrogens is 154 g/mol. The quantitative estimate of drug-likeness (QED) is 0.632. The molecule has 0 radical (unpaired) electrons. The second-order valence-corrected chi connectivity index (χ2v) is 4.31. The molecule has 70 valence electrons. The van der Waals surface area contributed by atoms with Gasteiger partial charge < -0.3 is 15.6 Å². The maximum Gasteiger partial charge on any atom is 0.0828 e. The highest BCUT2D eigenvalue weighted by atomic mass is 16.5. The molecule has 0 spiro atoms. The van der Waals surface area contributed by atoms with Crippen LogP contribution in [-0.4, -0.2) is 29.5 Å². The van der Waals surface area contributed by atoms with Crippen molar-refractivity contribution in [2.75, 3.05) is 7.11 Å². The van der Waals surface area contributed by atoms with Gasteiger partial charge in [-0.2, -0.15) is 0 Å². The highest BCUT2D eigenvalue weighted by molar-refractivity contribution is 5.15. The Morgan fingerprint density at radius 3 is 2.33 bits per heavy atom. The van der Waals surface area contributed by atoms with Gasteiger partial charge in [0.1, 0.15) is 0 Å². The molecule has 2 fully saturated rings. The van der Waals surface area contributed by atoms with Crippen LogP contribution in [0.1, 0.15) is 32.1 Å². The second kappa shape index (κ2) is 2.44. The van der Waals surface area contributed by atoms with Crippen LogP contribution < -0.4 is 5.73 Å². The summed E-state index contributed by atoms with van der Waals surface area (Å²) in [5.74, 6) is 0. The van der Waals surface area contributed by atoms with Crippen molar-refractivity contribution < 1.29 is 9.84 Å². The largest absolute Gasteiger partial charge is 0.388 e. The van der Waals surface area contributed by atoms with E-state index >= 15 is 0 Å². The highest BCUT2D eigenvalue weighted by Crippen LogP contribution is 2.49. The van der Waals surface area contributed by atoms with Crippen molar-refractivity contribution in [3.8, 4) is 0 Å². The number of hydrogen-bond donors (Lipinski definition) is 2. The van der Waals surface area contributed by atoms with E-state index < -0.39 is 5.60 Å². The third-order valence-electron chi connectivity index (χ3n) is 3.62. The van der Waals surface area contributed by atoms with Crippen LogP contribution in [0, 0.1) is 0 Å². The van der Waals surface area contributed by atoms with Crippen molar-refractivity contribution in [2.45, 2.75) is 49.3 Å². The fourth-order valence-corrected chi connectivity index (χ4v) is 2.31. The van der Waals surface area contributed by atoms with E-state index in [-0.39, 0.29) is 11.6 Å². The lowest BCUT2D eigenvalue weighted by Gasteiger charge is -2.57. The summed E-state index contributed by atoms with van der Waals surface area (Å²) in [7, 11) is 1.70. The minimum Gasteiger partial charge on any atom is -0.388 e. The number of hydrogen-bond acceptors (Lipinski definition) is 3. The lowest BCUT2D eigenvalue weighted by Crippen LogP contribution is -2.71. The molecule has 0 bridgehead atoms. The molecule has 12 heavy (non-hydrogen) atoms. The van der Waals surface area contributed by atoms with Crippen molar-refractivity contribution in [3.05, 3.63) is 0 Å². The third kappa shape index (κ3) is 0.934. The van der Waals surface area contributed by atoms with Crippen LogP contribution in [0.4, 0.5) is 0 Å². The molecule has 0 aromatic carbocycles. The van der Waals surface area contributed by atoms with Gasteiger partial charge in [0.05, 0.1) is 11.7 Å². The number of aliphatic hydroxyl groups is 1. The minimum atomic E-state index is -0.567. The Kier molecular flexibility index (Phi) is 1.72. The molecule has 2 aliphatic carbocycles. The van der Waals surface area contributed by atoms with Crippen LogP contribution in [0.5, 0.6) is 0 Å². The average Bonchev–Trinajstić information content (AvgIpc) is 1.93.